The van der Waals surface area contributed by atoms with Crippen molar-refractivity contribution in [2.75, 3.05) is 6.54 Å². The Morgan fingerprint density at radius 3 is 2.41 bits per heavy atom. The molecule has 6 nitrogen and oxygen atoms in total. The van der Waals surface area contributed by atoms with E-state index in [2.05, 4.69) is 10.3 Å². The predicted octanol–water partition coefficient (Wildman–Crippen LogP) is 4.54. The number of nitrogens with one attached hydrogen (secondary N) is 1. The maximum Gasteiger partial charge on any atom is 0.416 e. The summed E-state index contributed by atoms with van der Waals surface area (Å²) in [4.78, 5) is 28.0. The molecule has 0 spiro atoms. The van der Waals surface area contributed by atoms with Gasteiger partial charge in [0.15, 0.2) is 0 Å². The summed E-state index contributed by atoms with van der Waals surface area (Å²) in [6, 6.07) is 9.95. The van der Waals surface area contributed by atoms with E-state index in [1.54, 1.807) is 18.2 Å². The Morgan fingerprint density at radius 2 is 1.81 bits per heavy atom. The SMILES string of the molecule is CC(C)CC(CNC(=O)c1cccc2nc(CC(=O)O)cn12)c1ccc(C(F)(F)F)cc1. The zero-order valence-electron chi connectivity index (χ0n) is 17.7. The zero-order valence-corrected chi connectivity index (χ0v) is 17.7. The first-order valence-corrected chi connectivity index (χ1v) is 10.2. The summed E-state index contributed by atoms with van der Waals surface area (Å²) >= 11 is 0. The number of halogens is 3. The van der Waals surface area contributed by atoms with Crippen molar-refractivity contribution in [3.05, 3.63) is 71.2 Å². The van der Waals surface area contributed by atoms with Crippen molar-refractivity contribution in [3.8, 4) is 0 Å². The molecule has 1 aromatic carbocycles. The number of rotatable bonds is 8. The molecule has 2 N–H and O–H groups in total. The number of hydrogen-bond acceptors (Lipinski definition) is 3. The Labute approximate surface area is 183 Å². The van der Waals surface area contributed by atoms with Crippen LogP contribution in [0.1, 0.15) is 53.5 Å². The van der Waals surface area contributed by atoms with Crippen LogP contribution in [-0.2, 0) is 17.4 Å². The fourth-order valence-corrected chi connectivity index (χ4v) is 3.64. The zero-order chi connectivity index (χ0) is 23.5. The van der Waals surface area contributed by atoms with Crippen LogP contribution in [0.4, 0.5) is 13.2 Å². The average Bonchev–Trinajstić information content (AvgIpc) is 3.11. The summed E-state index contributed by atoms with van der Waals surface area (Å²) in [5.41, 5.74) is 1.09. The monoisotopic (exact) mass is 447 g/mol. The van der Waals surface area contributed by atoms with Crippen LogP contribution >= 0.6 is 0 Å². The van der Waals surface area contributed by atoms with Crippen LogP contribution in [0.2, 0.25) is 0 Å². The molecule has 0 aliphatic rings. The third-order valence-electron chi connectivity index (χ3n) is 5.08. The number of alkyl halides is 3. The van der Waals surface area contributed by atoms with Gasteiger partial charge in [-0.1, -0.05) is 32.0 Å². The molecule has 0 saturated carbocycles. The number of aliphatic carboxylic acids is 1. The van der Waals surface area contributed by atoms with Crippen molar-refractivity contribution in [2.24, 2.45) is 5.92 Å². The normalized spacial score (nSPS) is 12.8. The molecule has 2 heterocycles. The number of carbonyl (C=O) groups excluding carboxylic acids is 1. The highest BCUT2D eigenvalue weighted by Gasteiger charge is 2.30. The molecule has 9 heteroatoms. The van der Waals surface area contributed by atoms with E-state index in [0.717, 1.165) is 17.7 Å². The molecule has 0 bridgehead atoms. The van der Waals surface area contributed by atoms with Crippen LogP contribution in [0.15, 0.2) is 48.7 Å². The Kier molecular flexibility index (Phi) is 6.86. The van der Waals surface area contributed by atoms with Crippen LogP contribution in [0.25, 0.3) is 5.65 Å². The molecule has 0 fully saturated rings. The van der Waals surface area contributed by atoms with Gasteiger partial charge in [-0.25, -0.2) is 4.98 Å². The van der Waals surface area contributed by atoms with Gasteiger partial charge in [-0.05, 0) is 42.2 Å². The Bertz CT molecular complexity index is 1110. The minimum atomic E-state index is -4.40. The van der Waals surface area contributed by atoms with Crippen LogP contribution in [0.3, 0.4) is 0 Å². The molecular formula is C23H24F3N3O3. The molecule has 0 radical (unpaired) electrons. The lowest BCUT2D eigenvalue weighted by Gasteiger charge is -2.21. The Balaban J connectivity index is 1.78. The van der Waals surface area contributed by atoms with Gasteiger partial charge in [0.1, 0.15) is 11.3 Å². The fourth-order valence-electron chi connectivity index (χ4n) is 3.64. The van der Waals surface area contributed by atoms with Crippen molar-refractivity contribution in [1.82, 2.24) is 14.7 Å². The van der Waals surface area contributed by atoms with E-state index in [0.29, 0.717) is 23.5 Å². The first-order valence-electron chi connectivity index (χ1n) is 10.2. The van der Waals surface area contributed by atoms with Crippen molar-refractivity contribution in [1.29, 1.82) is 0 Å². The molecule has 1 amide bonds. The Hall–Kier alpha value is -3.36. The van der Waals surface area contributed by atoms with Crippen LogP contribution in [-0.4, -0.2) is 32.9 Å². The molecule has 2 aromatic heterocycles. The van der Waals surface area contributed by atoms with E-state index in [1.165, 1.54) is 22.7 Å². The molecule has 0 aliphatic carbocycles. The number of hydrogen-bond donors (Lipinski definition) is 2. The summed E-state index contributed by atoms with van der Waals surface area (Å²) < 4.78 is 40.2. The molecule has 1 unspecified atom stereocenters. The average molecular weight is 447 g/mol. The summed E-state index contributed by atoms with van der Waals surface area (Å²) in [7, 11) is 0. The number of carbonyl (C=O) groups is 2. The quantitative estimate of drug-likeness (QED) is 0.531. The number of pyridine rings is 1. The van der Waals surface area contributed by atoms with Gasteiger partial charge in [0, 0.05) is 18.7 Å². The highest BCUT2D eigenvalue weighted by Crippen LogP contribution is 2.31. The third kappa shape index (κ3) is 5.66. The highest BCUT2D eigenvalue weighted by atomic mass is 19.4. The number of nitrogens with zero attached hydrogens (tertiary/aromatic N) is 2. The van der Waals surface area contributed by atoms with Gasteiger partial charge in [0.25, 0.3) is 5.91 Å². The van der Waals surface area contributed by atoms with Gasteiger partial charge in [-0.3, -0.25) is 14.0 Å². The summed E-state index contributed by atoms with van der Waals surface area (Å²) in [6.45, 7) is 4.26. The number of imidazole rings is 1. The molecule has 32 heavy (non-hydrogen) atoms. The van der Waals surface area contributed by atoms with E-state index in [1.807, 2.05) is 13.8 Å². The van der Waals surface area contributed by atoms with Gasteiger partial charge in [-0.2, -0.15) is 13.2 Å². The molecule has 1 atom stereocenters. The van der Waals surface area contributed by atoms with Crippen molar-refractivity contribution in [3.63, 3.8) is 0 Å². The van der Waals surface area contributed by atoms with Crippen molar-refractivity contribution in [2.45, 2.75) is 38.8 Å². The van der Waals surface area contributed by atoms with Gasteiger partial charge in [0.2, 0.25) is 0 Å². The number of benzene rings is 1. The lowest BCUT2D eigenvalue weighted by Crippen LogP contribution is -2.30. The minimum Gasteiger partial charge on any atom is -0.481 e. The molecular weight excluding hydrogens is 423 g/mol. The van der Waals surface area contributed by atoms with Crippen LogP contribution in [0.5, 0.6) is 0 Å². The maximum atomic E-state index is 12.9. The number of aromatic nitrogens is 2. The lowest BCUT2D eigenvalue weighted by molar-refractivity contribution is -0.138. The van der Waals surface area contributed by atoms with Gasteiger partial charge >= 0.3 is 12.1 Å². The van der Waals surface area contributed by atoms with Crippen LogP contribution in [0, 0.1) is 5.92 Å². The first-order chi connectivity index (χ1) is 15.0. The predicted molar refractivity (Wildman–Crippen MR) is 113 cm³/mol. The summed E-state index contributed by atoms with van der Waals surface area (Å²) in [6.07, 6.45) is -2.46. The Morgan fingerprint density at radius 1 is 1.12 bits per heavy atom. The second-order valence-electron chi connectivity index (χ2n) is 8.10. The van der Waals surface area contributed by atoms with E-state index >= 15 is 0 Å². The van der Waals surface area contributed by atoms with E-state index < -0.39 is 17.7 Å². The number of carboxylic acids is 1. The van der Waals surface area contributed by atoms with Gasteiger partial charge < -0.3 is 10.4 Å². The van der Waals surface area contributed by atoms with E-state index in [4.69, 9.17) is 5.11 Å². The first kappa shape index (κ1) is 23.3. The van der Waals surface area contributed by atoms with Crippen molar-refractivity contribution < 1.29 is 27.9 Å². The van der Waals surface area contributed by atoms with Gasteiger partial charge in [-0.15, -0.1) is 0 Å². The smallest absolute Gasteiger partial charge is 0.416 e. The van der Waals surface area contributed by atoms with Crippen molar-refractivity contribution >= 4 is 17.5 Å². The van der Waals surface area contributed by atoms with E-state index in [-0.39, 0.29) is 30.7 Å². The fraction of sp³-hybridized carbons (Fsp3) is 0.348. The molecule has 0 saturated heterocycles. The van der Waals surface area contributed by atoms with Gasteiger partial charge in [0.05, 0.1) is 17.7 Å². The summed E-state index contributed by atoms with van der Waals surface area (Å²) in [5, 5.41) is 11.8. The van der Waals surface area contributed by atoms with E-state index in [9.17, 15) is 22.8 Å². The molecule has 3 rings (SSSR count). The standard InChI is InChI=1S/C23H24F3N3O3/c1-14(2)10-16(15-6-8-17(9-7-15)23(24,25)26)12-27-22(32)19-4-3-5-20-28-18(11-21(30)31)13-29(19)20/h3-9,13-14,16H,10-12H2,1-2H3,(H,27,32)(H,30,31). The number of fused-ring (bicyclic) bond motifs is 1. The third-order valence-corrected chi connectivity index (χ3v) is 5.08. The number of amides is 1. The summed E-state index contributed by atoms with van der Waals surface area (Å²) in [5.74, 6) is -1.29. The molecule has 3 aromatic rings. The second-order valence-corrected chi connectivity index (χ2v) is 8.10. The molecule has 170 valence electrons. The maximum absolute atomic E-state index is 12.9. The second kappa shape index (κ2) is 9.42. The molecule has 0 aliphatic heterocycles. The van der Waals surface area contributed by atoms with Crippen LogP contribution < -0.4 is 5.32 Å². The minimum absolute atomic E-state index is 0.161. The highest BCUT2D eigenvalue weighted by molar-refractivity contribution is 5.93. The number of carboxylic acid groups (broad SMARTS) is 1. The largest absolute Gasteiger partial charge is 0.481 e. The lowest BCUT2D eigenvalue weighted by atomic mass is 9.89. The topological polar surface area (TPSA) is 83.7 Å².